The molecule has 28 heavy (non-hydrogen) atoms. The van der Waals surface area contributed by atoms with Gasteiger partial charge in [-0.3, -0.25) is 19.1 Å². The quantitative estimate of drug-likeness (QED) is 0.749. The highest BCUT2D eigenvalue weighted by atomic mass is 16.5. The first kappa shape index (κ1) is 18.7. The summed E-state index contributed by atoms with van der Waals surface area (Å²) in [7, 11) is 4.99. The van der Waals surface area contributed by atoms with Gasteiger partial charge in [-0.2, -0.15) is 4.98 Å². The molecular weight excluding hydrogens is 364 g/mol. The van der Waals surface area contributed by atoms with Gasteiger partial charge < -0.3 is 19.1 Å². The highest BCUT2D eigenvalue weighted by molar-refractivity contribution is 5.85. The molecule has 1 atom stereocenters. The number of piperidine rings is 1. The van der Waals surface area contributed by atoms with Crippen LogP contribution in [0.4, 0.5) is 5.95 Å². The van der Waals surface area contributed by atoms with E-state index in [0.717, 1.165) is 25.8 Å². The summed E-state index contributed by atoms with van der Waals surface area (Å²) < 4.78 is 8.19. The van der Waals surface area contributed by atoms with Gasteiger partial charge in [0, 0.05) is 47.4 Å². The van der Waals surface area contributed by atoms with Crippen molar-refractivity contribution in [3.05, 3.63) is 20.8 Å². The third kappa shape index (κ3) is 2.74. The minimum atomic E-state index is -0.490. The highest BCUT2D eigenvalue weighted by Gasteiger charge is 2.49. The second-order valence-electron chi connectivity index (χ2n) is 7.80. The molecule has 0 aliphatic carbocycles. The molecule has 0 aromatic carbocycles. The van der Waals surface area contributed by atoms with E-state index in [9.17, 15) is 14.4 Å². The Balaban J connectivity index is 1.66. The molecule has 2 aliphatic heterocycles. The number of ether oxygens (including phenoxy) is 1. The van der Waals surface area contributed by atoms with Crippen LogP contribution in [0.1, 0.15) is 19.3 Å². The highest BCUT2D eigenvalue weighted by Crippen LogP contribution is 2.41. The van der Waals surface area contributed by atoms with Crippen molar-refractivity contribution in [3.63, 3.8) is 0 Å². The number of rotatable bonds is 4. The molecule has 1 amide bonds. The predicted octanol–water partition coefficient (Wildman–Crippen LogP) is -0.574. The van der Waals surface area contributed by atoms with E-state index in [1.807, 2.05) is 4.90 Å². The first-order valence-electron chi connectivity index (χ1n) is 9.57. The van der Waals surface area contributed by atoms with Crippen molar-refractivity contribution in [2.75, 3.05) is 44.8 Å². The zero-order valence-electron chi connectivity index (χ0n) is 16.5. The molecule has 4 rings (SSSR count). The number of fused-ring (bicyclic) bond motifs is 1. The minimum absolute atomic E-state index is 0.183. The average Bonchev–Trinajstić information content (AvgIpc) is 3.24. The van der Waals surface area contributed by atoms with E-state index < -0.39 is 16.7 Å². The summed E-state index contributed by atoms with van der Waals surface area (Å²) in [5.74, 6) is 0.794. The fourth-order valence-electron chi connectivity index (χ4n) is 4.57. The van der Waals surface area contributed by atoms with Crippen LogP contribution in [0, 0.1) is 5.41 Å². The van der Waals surface area contributed by atoms with Crippen LogP contribution in [0.3, 0.4) is 0 Å². The van der Waals surface area contributed by atoms with E-state index in [4.69, 9.17) is 4.74 Å². The summed E-state index contributed by atoms with van der Waals surface area (Å²) in [6, 6.07) is 0. The van der Waals surface area contributed by atoms with Gasteiger partial charge in [0.1, 0.15) is 0 Å². The number of amides is 1. The molecule has 10 nitrogen and oxygen atoms in total. The number of imidazole rings is 1. The normalized spacial score (nSPS) is 22.8. The fourth-order valence-corrected chi connectivity index (χ4v) is 4.57. The minimum Gasteiger partial charge on any atom is -0.383 e. The third-order valence-electron chi connectivity index (χ3n) is 6.14. The number of carbonyl (C=O) groups excluding carboxylic acids is 1. The lowest BCUT2D eigenvalue weighted by molar-refractivity contribution is -0.145. The fraction of sp³-hybridized carbons (Fsp3) is 0.667. The molecule has 2 aliphatic rings. The number of carbonyl (C=O) groups is 1. The maximum Gasteiger partial charge on any atom is 0.329 e. The largest absolute Gasteiger partial charge is 0.383 e. The van der Waals surface area contributed by atoms with Crippen molar-refractivity contribution >= 4 is 23.0 Å². The number of likely N-dealkylation sites (tertiary alicyclic amines) is 1. The average molecular weight is 390 g/mol. The molecular formula is C18H26N6O4. The Hall–Kier alpha value is -2.62. The Kier molecular flexibility index (Phi) is 4.53. The third-order valence-corrected chi connectivity index (χ3v) is 6.14. The molecule has 1 spiro atoms. The smallest absolute Gasteiger partial charge is 0.329 e. The van der Waals surface area contributed by atoms with E-state index in [1.54, 1.807) is 25.8 Å². The lowest BCUT2D eigenvalue weighted by Gasteiger charge is -2.39. The summed E-state index contributed by atoms with van der Waals surface area (Å²) in [6.45, 7) is 3.17. The number of anilines is 1. The standard InChI is InChI=1S/C18H26N6O4/c1-21-12-13(22(2)17(27)20-14(12)25)19-16(21)24-8-6-18(11-24)5-4-7-23(15(18)26)9-10-28-3/h4-11H2,1-3H3,(H,20,25,27)/t18-/m1/s1. The Morgan fingerprint density at radius 3 is 2.68 bits per heavy atom. The molecule has 2 aromatic heterocycles. The molecule has 10 heteroatoms. The molecule has 1 N–H and O–H groups in total. The summed E-state index contributed by atoms with van der Waals surface area (Å²) in [4.78, 5) is 48.2. The number of H-pyrrole nitrogens is 1. The van der Waals surface area contributed by atoms with Crippen LogP contribution in [0.5, 0.6) is 0 Å². The SMILES string of the molecule is COCCN1CCC[C@]2(CCN(c3nc4c(c(=O)[nH]c(=O)n4C)n3C)C2)C1=O. The number of hydrogen-bond acceptors (Lipinski definition) is 6. The monoisotopic (exact) mass is 390 g/mol. The van der Waals surface area contributed by atoms with Crippen LogP contribution < -0.4 is 16.1 Å². The molecule has 2 saturated heterocycles. The number of nitrogens with zero attached hydrogens (tertiary/aromatic N) is 5. The van der Waals surface area contributed by atoms with Crippen LogP contribution in [0.25, 0.3) is 11.2 Å². The summed E-state index contributed by atoms with van der Waals surface area (Å²) in [5.41, 5.74) is -0.648. The van der Waals surface area contributed by atoms with Gasteiger partial charge >= 0.3 is 5.69 Å². The van der Waals surface area contributed by atoms with Gasteiger partial charge in [-0.05, 0) is 19.3 Å². The molecule has 0 saturated carbocycles. The number of nitrogens with one attached hydrogen (secondary N) is 1. The maximum absolute atomic E-state index is 13.2. The van der Waals surface area contributed by atoms with Gasteiger partial charge in [-0.1, -0.05) is 0 Å². The van der Waals surface area contributed by atoms with Crippen molar-refractivity contribution in [1.82, 2.24) is 24.0 Å². The molecule has 0 bridgehead atoms. The van der Waals surface area contributed by atoms with Crippen molar-refractivity contribution in [2.24, 2.45) is 19.5 Å². The van der Waals surface area contributed by atoms with Gasteiger partial charge in [0.05, 0.1) is 12.0 Å². The van der Waals surface area contributed by atoms with Crippen molar-refractivity contribution in [1.29, 1.82) is 0 Å². The van der Waals surface area contributed by atoms with Crippen LogP contribution in [-0.2, 0) is 23.6 Å². The van der Waals surface area contributed by atoms with Crippen molar-refractivity contribution in [3.8, 4) is 0 Å². The number of methoxy groups -OCH3 is 1. The number of aryl methyl sites for hydroxylation is 2. The van der Waals surface area contributed by atoms with Crippen LogP contribution in [0.2, 0.25) is 0 Å². The van der Waals surface area contributed by atoms with Crippen LogP contribution in [0.15, 0.2) is 9.59 Å². The van der Waals surface area contributed by atoms with E-state index in [-0.39, 0.29) is 5.91 Å². The van der Waals surface area contributed by atoms with E-state index in [2.05, 4.69) is 14.9 Å². The Morgan fingerprint density at radius 1 is 1.14 bits per heavy atom. The second-order valence-corrected chi connectivity index (χ2v) is 7.80. The molecule has 4 heterocycles. The summed E-state index contributed by atoms with van der Waals surface area (Å²) in [5, 5.41) is 0. The second kappa shape index (κ2) is 6.77. The lowest BCUT2D eigenvalue weighted by atomic mass is 9.78. The Bertz CT molecular complexity index is 1040. The van der Waals surface area contributed by atoms with E-state index in [1.165, 1.54) is 4.57 Å². The number of aromatic nitrogens is 4. The lowest BCUT2D eigenvalue weighted by Crippen LogP contribution is -2.51. The molecule has 152 valence electrons. The summed E-state index contributed by atoms with van der Waals surface area (Å²) >= 11 is 0. The predicted molar refractivity (Wildman–Crippen MR) is 104 cm³/mol. The van der Waals surface area contributed by atoms with E-state index >= 15 is 0 Å². The van der Waals surface area contributed by atoms with Gasteiger partial charge in [0.25, 0.3) is 5.56 Å². The first-order valence-corrected chi connectivity index (χ1v) is 9.57. The van der Waals surface area contributed by atoms with Crippen molar-refractivity contribution < 1.29 is 9.53 Å². The Labute approximate surface area is 161 Å². The molecule has 0 radical (unpaired) electrons. The number of aromatic amines is 1. The van der Waals surface area contributed by atoms with Gasteiger partial charge in [-0.25, -0.2) is 4.79 Å². The van der Waals surface area contributed by atoms with E-state index in [0.29, 0.717) is 43.4 Å². The Morgan fingerprint density at radius 2 is 1.93 bits per heavy atom. The van der Waals surface area contributed by atoms with Gasteiger partial charge in [0.15, 0.2) is 11.2 Å². The molecule has 2 aromatic rings. The van der Waals surface area contributed by atoms with Crippen LogP contribution >= 0.6 is 0 Å². The van der Waals surface area contributed by atoms with Gasteiger partial charge in [0.2, 0.25) is 11.9 Å². The van der Waals surface area contributed by atoms with Gasteiger partial charge in [-0.15, -0.1) is 0 Å². The molecule has 2 fully saturated rings. The maximum atomic E-state index is 13.2. The first-order chi connectivity index (χ1) is 13.4. The topological polar surface area (TPSA) is 105 Å². The summed E-state index contributed by atoms with van der Waals surface area (Å²) in [6.07, 6.45) is 2.59. The molecule has 0 unspecified atom stereocenters. The number of hydrogen-bond donors (Lipinski definition) is 1. The van der Waals surface area contributed by atoms with Crippen molar-refractivity contribution in [2.45, 2.75) is 19.3 Å². The zero-order valence-corrected chi connectivity index (χ0v) is 16.5. The van der Waals surface area contributed by atoms with Crippen LogP contribution in [-0.4, -0.2) is 69.8 Å². The zero-order chi connectivity index (χ0) is 20.1.